The van der Waals surface area contributed by atoms with Crippen LogP contribution in [0.25, 0.3) is 11.5 Å². The molecular weight excluding hydrogens is 425 g/mol. The number of hydrogen-bond acceptors (Lipinski definition) is 5. The van der Waals surface area contributed by atoms with Gasteiger partial charge in [0.2, 0.25) is 5.89 Å². The van der Waals surface area contributed by atoms with E-state index >= 15 is 0 Å². The van der Waals surface area contributed by atoms with Crippen LogP contribution in [0.5, 0.6) is 0 Å². The van der Waals surface area contributed by atoms with Crippen molar-refractivity contribution in [2.75, 3.05) is 6.61 Å². The fraction of sp³-hybridized carbons (Fsp3) is 0.385. The second-order valence-electron chi connectivity index (χ2n) is 8.55. The fourth-order valence-corrected chi connectivity index (χ4v) is 4.34. The van der Waals surface area contributed by atoms with E-state index in [2.05, 4.69) is 4.98 Å². The van der Waals surface area contributed by atoms with Gasteiger partial charge in [0, 0.05) is 12.2 Å². The lowest BCUT2D eigenvalue weighted by molar-refractivity contribution is -0.0187. The summed E-state index contributed by atoms with van der Waals surface area (Å²) in [7, 11) is 0. The highest BCUT2D eigenvalue weighted by atomic mass is 19.1. The Hall–Kier alpha value is -3.03. The van der Waals surface area contributed by atoms with Gasteiger partial charge in [0.25, 0.3) is 0 Å². The van der Waals surface area contributed by atoms with Gasteiger partial charge in [-0.15, -0.1) is 0 Å². The molecule has 2 atom stereocenters. The van der Waals surface area contributed by atoms with Gasteiger partial charge in [-0.1, -0.05) is 24.6 Å². The monoisotopic (exact) mass is 453 g/mol. The summed E-state index contributed by atoms with van der Waals surface area (Å²) >= 11 is 0. The number of aryl methyl sites for hydroxylation is 1. The van der Waals surface area contributed by atoms with Gasteiger partial charge in [0.1, 0.15) is 17.8 Å². The number of ether oxygens (including phenoxy) is 2. The van der Waals surface area contributed by atoms with Crippen molar-refractivity contribution in [3.8, 4) is 11.5 Å². The van der Waals surface area contributed by atoms with Crippen LogP contribution in [0, 0.1) is 18.7 Å². The first-order valence-corrected chi connectivity index (χ1v) is 11.2. The van der Waals surface area contributed by atoms with E-state index in [9.17, 15) is 14.3 Å². The zero-order chi connectivity index (χ0) is 23.2. The second-order valence-corrected chi connectivity index (χ2v) is 8.55. The molecule has 6 nitrogen and oxygen atoms in total. The molecule has 1 aliphatic carbocycles. The van der Waals surface area contributed by atoms with Gasteiger partial charge in [-0.05, 0) is 67.5 Å². The highest BCUT2D eigenvalue weighted by Gasteiger charge is 2.23. The molecule has 0 bridgehead atoms. The summed E-state index contributed by atoms with van der Waals surface area (Å²) in [6.45, 7) is 3.02. The zero-order valence-electron chi connectivity index (χ0n) is 18.6. The van der Waals surface area contributed by atoms with E-state index in [0.717, 1.165) is 36.8 Å². The highest BCUT2D eigenvalue weighted by molar-refractivity contribution is 5.91. The van der Waals surface area contributed by atoms with Gasteiger partial charge in [-0.25, -0.2) is 14.2 Å². The molecule has 0 unspecified atom stereocenters. The van der Waals surface area contributed by atoms with Crippen molar-refractivity contribution < 1.29 is 28.2 Å². The van der Waals surface area contributed by atoms with Gasteiger partial charge in [0.15, 0.2) is 0 Å². The van der Waals surface area contributed by atoms with Crippen molar-refractivity contribution in [3.63, 3.8) is 0 Å². The Bertz CT molecular complexity index is 1080. The quantitative estimate of drug-likeness (QED) is 0.442. The number of carbonyl (C=O) groups is 1. The first-order valence-electron chi connectivity index (χ1n) is 11.2. The molecule has 1 saturated carbocycles. The van der Waals surface area contributed by atoms with Crippen molar-refractivity contribution in [2.24, 2.45) is 5.92 Å². The molecule has 1 aliphatic rings. The Kier molecular flexibility index (Phi) is 7.52. The summed E-state index contributed by atoms with van der Waals surface area (Å²) in [5.41, 5.74) is 3.19. The molecule has 0 saturated heterocycles. The zero-order valence-corrected chi connectivity index (χ0v) is 18.6. The SMILES string of the molecule is Cc1cccc(COC[C@H]2CCC[C@@H](OCc3coc(-c4ccc(F)cc4)n3)C2)c1C(=O)O. The van der Waals surface area contributed by atoms with Crippen molar-refractivity contribution in [2.45, 2.75) is 51.9 Å². The summed E-state index contributed by atoms with van der Waals surface area (Å²) < 4.78 is 30.6. The molecule has 1 fully saturated rings. The summed E-state index contributed by atoms with van der Waals surface area (Å²) in [5.74, 6) is -0.409. The normalized spacial score (nSPS) is 18.4. The maximum absolute atomic E-state index is 13.1. The van der Waals surface area contributed by atoms with Crippen LogP contribution in [0.2, 0.25) is 0 Å². The summed E-state index contributed by atoms with van der Waals surface area (Å²) in [6, 6.07) is 11.5. The number of halogens is 1. The Morgan fingerprint density at radius 1 is 1.18 bits per heavy atom. The Labute approximate surface area is 192 Å². The Morgan fingerprint density at radius 3 is 2.79 bits per heavy atom. The highest BCUT2D eigenvalue weighted by Crippen LogP contribution is 2.28. The van der Waals surface area contributed by atoms with Crippen LogP contribution in [-0.4, -0.2) is 28.8 Å². The number of hydrogen-bond donors (Lipinski definition) is 1. The number of rotatable bonds is 9. The van der Waals surface area contributed by atoms with Crippen LogP contribution < -0.4 is 0 Å². The predicted molar refractivity (Wildman–Crippen MR) is 120 cm³/mol. The van der Waals surface area contributed by atoms with Gasteiger partial charge in [0.05, 0.1) is 24.9 Å². The number of carboxylic acids is 1. The van der Waals surface area contributed by atoms with Gasteiger partial charge >= 0.3 is 5.97 Å². The fourth-order valence-electron chi connectivity index (χ4n) is 4.34. The number of carboxylic acid groups (broad SMARTS) is 1. The minimum absolute atomic E-state index is 0.117. The van der Waals surface area contributed by atoms with E-state index < -0.39 is 5.97 Å². The third-order valence-corrected chi connectivity index (χ3v) is 6.03. The largest absolute Gasteiger partial charge is 0.478 e. The third kappa shape index (κ3) is 6.06. The number of aromatic nitrogens is 1. The molecule has 1 N–H and O–H groups in total. The lowest BCUT2D eigenvalue weighted by Crippen LogP contribution is -2.25. The molecule has 0 spiro atoms. The maximum Gasteiger partial charge on any atom is 0.336 e. The molecule has 3 aromatic rings. The third-order valence-electron chi connectivity index (χ3n) is 6.03. The van der Waals surface area contributed by atoms with Crippen molar-refractivity contribution >= 4 is 5.97 Å². The number of aromatic carboxylic acids is 1. The van der Waals surface area contributed by atoms with E-state index in [-0.39, 0.29) is 18.5 Å². The first kappa shape index (κ1) is 23.1. The van der Waals surface area contributed by atoms with Crippen LogP contribution in [0.3, 0.4) is 0 Å². The van der Waals surface area contributed by atoms with Crippen LogP contribution in [-0.2, 0) is 22.7 Å². The Morgan fingerprint density at radius 2 is 2.00 bits per heavy atom. The molecule has 0 aliphatic heterocycles. The van der Waals surface area contributed by atoms with Crippen molar-refractivity contribution in [1.29, 1.82) is 0 Å². The van der Waals surface area contributed by atoms with Gasteiger partial charge < -0.3 is 19.0 Å². The van der Waals surface area contributed by atoms with Crippen LogP contribution in [0.4, 0.5) is 4.39 Å². The van der Waals surface area contributed by atoms with Crippen LogP contribution >= 0.6 is 0 Å². The van der Waals surface area contributed by atoms with E-state index in [4.69, 9.17) is 13.9 Å². The number of oxazole rings is 1. The molecule has 0 amide bonds. The topological polar surface area (TPSA) is 81.8 Å². The van der Waals surface area contributed by atoms with Gasteiger partial charge in [-0.2, -0.15) is 0 Å². The van der Waals surface area contributed by atoms with E-state index in [0.29, 0.717) is 41.8 Å². The predicted octanol–water partition coefficient (Wildman–Crippen LogP) is 5.78. The summed E-state index contributed by atoms with van der Waals surface area (Å²) in [5, 5.41) is 9.46. The van der Waals surface area contributed by atoms with Crippen LogP contribution in [0.1, 0.15) is 52.9 Å². The molecule has 0 radical (unpaired) electrons. The smallest absolute Gasteiger partial charge is 0.336 e. The maximum atomic E-state index is 13.1. The molecule has 2 aromatic carbocycles. The molecule has 4 rings (SSSR count). The van der Waals surface area contributed by atoms with E-state index in [1.54, 1.807) is 37.5 Å². The van der Waals surface area contributed by atoms with Crippen molar-refractivity contribution in [3.05, 3.63) is 76.9 Å². The molecule has 1 aromatic heterocycles. The molecular formula is C26H28FNO5. The molecule has 33 heavy (non-hydrogen) atoms. The minimum Gasteiger partial charge on any atom is -0.478 e. The molecule has 174 valence electrons. The number of nitrogens with zero attached hydrogens (tertiary/aromatic N) is 1. The Balaban J connectivity index is 1.25. The minimum atomic E-state index is -0.923. The number of benzene rings is 2. The van der Waals surface area contributed by atoms with Crippen molar-refractivity contribution in [1.82, 2.24) is 4.98 Å². The van der Waals surface area contributed by atoms with Crippen LogP contribution in [0.15, 0.2) is 53.1 Å². The molecule has 7 heteroatoms. The van der Waals surface area contributed by atoms with Gasteiger partial charge in [-0.3, -0.25) is 0 Å². The molecule has 1 heterocycles. The average Bonchev–Trinajstić information content (AvgIpc) is 3.27. The second kappa shape index (κ2) is 10.7. The first-order chi connectivity index (χ1) is 16.0. The summed E-state index contributed by atoms with van der Waals surface area (Å²) in [4.78, 5) is 16.0. The average molecular weight is 454 g/mol. The lowest BCUT2D eigenvalue weighted by Gasteiger charge is -2.29. The van der Waals surface area contributed by atoms with E-state index in [1.807, 2.05) is 6.07 Å². The standard InChI is InChI=1S/C26H28FNO5/c1-17-4-2-6-20(24(17)26(29)30)14-31-13-18-5-3-7-23(12-18)32-15-22-16-33-25(28-22)19-8-10-21(27)11-9-19/h2,4,6,8-11,16,18,23H,3,5,7,12-15H2,1H3,(H,29,30)/t18-,23+/m0/s1. The van der Waals surface area contributed by atoms with E-state index in [1.165, 1.54) is 12.1 Å². The summed E-state index contributed by atoms with van der Waals surface area (Å²) in [6.07, 6.45) is 5.69. The lowest BCUT2D eigenvalue weighted by atomic mass is 9.88.